The lowest BCUT2D eigenvalue weighted by atomic mass is 10.1. The van der Waals surface area contributed by atoms with Gasteiger partial charge in [0.05, 0.1) is 17.4 Å². The van der Waals surface area contributed by atoms with Crippen LogP contribution in [0.4, 0.5) is 28.4 Å². The van der Waals surface area contributed by atoms with Gasteiger partial charge in [0.2, 0.25) is 0 Å². The number of hydrogen-bond acceptors (Lipinski definition) is 6. The number of H-pyrrole nitrogens is 1. The van der Waals surface area contributed by atoms with Crippen LogP contribution >= 0.6 is 0 Å². The van der Waals surface area contributed by atoms with Gasteiger partial charge in [-0.3, -0.25) is 9.59 Å². The summed E-state index contributed by atoms with van der Waals surface area (Å²) in [5.74, 6) is -0.410. The fraction of sp³-hybridized carbons (Fsp3) is 0.194. The highest BCUT2D eigenvalue weighted by Gasteiger charge is 2.18. The van der Waals surface area contributed by atoms with Crippen LogP contribution in [0.1, 0.15) is 39.3 Å². The smallest absolute Gasteiger partial charge is 0.274 e. The number of carbonyl (C=O) groups excluding carboxylic acids is 2. The number of nitriles is 1. The van der Waals surface area contributed by atoms with E-state index in [1.54, 1.807) is 60.6 Å². The predicted molar refractivity (Wildman–Crippen MR) is 156 cm³/mol. The number of anilines is 5. The van der Waals surface area contributed by atoms with Crippen LogP contribution in [-0.2, 0) is 0 Å². The van der Waals surface area contributed by atoms with Gasteiger partial charge < -0.3 is 30.5 Å². The molecule has 2 amide bonds. The van der Waals surface area contributed by atoms with Gasteiger partial charge in [-0.1, -0.05) is 0 Å². The molecule has 0 spiro atoms. The Kier molecular flexibility index (Phi) is 7.80. The Labute approximate surface area is 232 Å². The molecule has 1 aliphatic heterocycles. The Morgan fingerprint density at radius 1 is 1.00 bits per heavy atom. The summed E-state index contributed by atoms with van der Waals surface area (Å²) in [5, 5.41) is 25.6. The second-order valence-corrected chi connectivity index (χ2v) is 9.71. The molecule has 202 valence electrons. The van der Waals surface area contributed by atoms with Crippen LogP contribution in [0.25, 0.3) is 0 Å². The minimum Gasteiger partial charge on any atom is -0.393 e. The first kappa shape index (κ1) is 26.5. The van der Waals surface area contributed by atoms with Gasteiger partial charge in [0.25, 0.3) is 11.8 Å². The lowest BCUT2D eigenvalue weighted by Crippen LogP contribution is -2.35. The lowest BCUT2D eigenvalue weighted by Gasteiger charge is -2.31. The van der Waals surface area contributed by atoms with Crippen LogP contribution in [0, 0.1) is 11.3 Å². The van der Waals surface area contributed by atoms with E-state index in [0.29, 0.717) is 28.2 Å². The zero-order valence-corrected chi connectivity index (χ0v) is 22.1. The SMILES string of the molecule is CN(C(=O)c1ccc[nH]1)c1ccc(Nc2ccc(NC(=O)c3ccc(N4CCC(O)CC4)cc3)cc2C#N)cc1. The van der Waals surface area contributed by atoms with Gasteiger partial charge >= 0.3 is 0 Å². The van der Waals surface area contributed by atoms with Crippen LogP contribution in [0.3, 0.4) is 0 Å². The standard InChI is InChI=1S/C31H30N6O3/c1-36(31(40)29-3-2-16-33-29)25-11-6-23(7-12-25)34-28-13-8-24(19-22(28)20-32)35-30(39)21-4-9-26(10-5-21)37-17-14-27(38)15-18-37/h2-13,16,19,27,33-34,38H,14-15,17-18H2,1H3,(H,35,39). The lowest BCUT2D eigenvalue weighted by molar-refractivity contribution is 0.0987. The monoisotopic (exact) mass is 534 g/mol. The van der Waals surface area contributed by atoms with Crippen molar-refractivity contribution < 1.29 is 14.7 Å². The average molecular weight is 535 g/mol. The highest BCUT2D eigenvalue weighted by molar-refractivity contribution is 6.05. The quantitative estimate of drug-likeness (QED) is 0.261. The number of carbonyl (C=O) groups is 2. The molecule has 0 unspecified atom stereocenters. The van der Waals surface area contributed by atoms with Crippen LogP contribution in [-0.4, -0.2) is 48.1 Å². The number of piperidine rings is 1. The summed E-state index contributed by atoms with van der Waals surface area (Å²) in [6.45, 7) is 1.58. The first-order valence-corrected chi connectivity index (χ1v) is 13.1. The predicted octanol–water partition coefficient (Wildman–Crippen LogP) is 5.12. The van der Waals surface area contributed by atoms with E-state index in [4.69, 9.17) is 0 Å². The van der Waals surface area contributed by atoms with Crippen molar-refractivity contribution in [2.45, 2.75) is 18.9 Å². The fourth-order valence-corrected chi connectivity index (χ4v) is 4.66. The van der Waals surface area contributed by atoms with Crippen molar-refractivity contribution in [1.82, 2.24) is 4.98 Å². The molecule has 3 aromatic carbocycles. The van der Waals surface area contributed by atoms with E-state index in [-0.39, 0.29) is 17.9 Å². The summed E-state index contributed by atoms with van der Waals surface area (Å²) in [4.78, 5) is 32.1. The average Bonchev–Trinajstić information content (AvgIpc) is 3.53. The van der Waals surface area contributed by atoms with Crippen LogP contribution in [0.5, 0.6) is 0 Å². The molecule has 2 heterocycles. The number of rotatable bonds is 7. The number of aromatic nitrogens is 1. The summed E-state index contributed by atoms with van der Waals surface area (Å²) >= 11 is 0. The van der Waals surface area contributed by atoms with Gasteiger partial charge in [0, 0.05) is 54.6 Å². The molecule has 0 atom stereocenters. The maximum Gasteiger partial charge on any atom is 0.274 e. The van der Waals surface area contributed by atoms with Gasteiger partial charge in [-0.05, 0) is 91.7 Å². The minimum atomic E-state index is -0.265. The Hall–Kier alpha value is -5.07. The number of aliphatic hydroxyl groups is 1. The van der Waals surface area contributed by atoms with Crippen molar-refractivity contribution in [2.75, 3.05) is 40.6 Å². The Balaban J connectivity index is 1.21. The zero-order chi connectivity index (χ0) is 28.1. The second kappa shape index (κ2) is 11.8. The molecule has 4 N–H and O–H groups in total. The summed E-state index contributed by atoms with van der Waals surface area (Å²) < 4.78 is 0. The largest absolute Gasteiger partial charge is 0.393 e. The molecule has 9 heteroatoms. The molecule has 0 aliphatic carbocycles. The van der Waals surface area contributed by atoms with Gasteiger partial charge in [0.15, 0.2) is 0 Å². The summed E-state index contributed by atoms with van der Waals surface area (Å²) in [6.07, 6.45) is 2.96. The number of aliphatic hydroxyl groups excluding tert-OH is 1. The van der Waals surface area contributed by atoms with E-state index in [0.717, 1.165) is 43.0 Å². The number of aromatic amines is 1. The molecule has 5 rings (SSSR count). The molecule has 0 bridgehead atoms. The number of benzene rings is 3. The van der Waals surface area contributed by atoms with Gasteiger partial charge in [-0.25, -0.2) is 0 Å². The molecule has 1 saturated heterocycles. The molecule has 0 saturated carbocycles. The first-order chi connectivity index (χ1) is 19.4. The van der Waals surface area contributed by atoms with Crippen molar-refractivity contribution >= 4 is 40.3 Å². The van der Waals surface area contributed by atoms with Gasteiger partial charge in [-0.2, -0.15) is 5.26 Å². The second-order valence-electron chi connectivity index (χ2n) is 9.71. The van der Waals surface area contributed by atoms with E-state index < -0.39 is 0 Å². The van der Waals surface area contributed by atoms with Crippen LogP contribution in [0.2, 0.25) is 0 Å². The molecule has 4 aromatic rings. The summed E-state index contributed by atoms with van der Waals surface area (Å²) in [7, 11) is 1.71. The zero-order valence-electron chi connectivity index (χ0n) is 22.1. The Morgan fingerprint density at radius 3 is 2.35 bits per heavy atom. The van der Waals surface area contributed by atoms with Crippen LogP contribution in [0.15, 0.2) is 85.1 Å². The number of nitrogens with zero attached hydrogens (tertiary/aromatic N) is 3. The third-order valence-corrected chi connectivity index (χ3v) is 7.02. The molecule has 1 aliphatic rings. The molecule has 0 radical (unpaired) electrons. The third kappa shape index (κ3) is 5.98. The first-order valence-electron chi connectivity index (χ1n) is 13.1. The number of hydrogen-bond donors (Lipinski definition) is 4. The Bertz CT molecular complexity index is 1520. The normalized spacial score (nSPS) is 13.4. The fourth-order valence-electron chi connectivity index (χ4n) is 4.66. The Morgan fingerprint density at radius 2 is 1.70 bits per heavy atom. The van der Waals surface area contributed by atoms with Crippen molar-refractivity contribution in [3.63, 3.8) is 0 Å². The maximum absolute atomic E-state index is 12.8. The minimum absolute atomic E-state index is 0.145. The molecule has 1 aromatic heterocycles. The highest BCUT2D eigenvalue weighted by Crippen LogP contribution is 2.27. The summed E-state index contributed by atoms with van der Waals surface area (Å²) in [5.41, 5.74) is 5.02. The van der Waals surface area contributed by atoms with Crippen LogP contribution < -0.4 is 20.4 Å². The topological polar surface area (TPSA) is 124 Å². The molecular weight excluding hydrogens is 504 g/mol. The van der Waals surface area contributed by atoms with E-state index in [1.807, 2.05) is 36.4 Å². The van der Waals surface area contributed by atoms with E-state index in [1.165, 1.54) is 0 Å². The van der Waals surface area contributed by atoms with Crippen molar-refractivity contribution in [3.8, 4) is 6.07 Å². The maximum atomic E-state index is 12.8. The van der Waals surface area contributed by atoms with E-state index in [2.05, 4.69) is 26.6 Å². The van der Waals surface area contributed by atoms with E-state index >= 15 is 0 Å². The van der Waals surface area contributed by atoms with Gasteiger partial charge in [-0.15, -0.1) is 0 Å². The highest BCUT2D eigenvalue weighted by atomic mass is 16.3. The molecule has 40 heavy (non-hydrogen) atoms. The molecule has 1 fully saturated rings. The van der Waals surface area contributed by atoms with Crippen molar-refractivity contribution in [3.05, 3.63) is 102 Å². The molecular formula is C31H30N6O3. The summed E-state index contributed by atoms with van der Waals surface area (Å²) in [6, 6.07) is 25.5. The van der Waals surface area contributed by atoms with Crippen molar-refractivity contribution in [1.29, 1.82) is 5.26 Å². The van der Waals surface area contributed by atoms with Crippen molar-refractivity contribution in [2.24, 2.45) is 0 Å². The van der Waals surface area contributed by atoms with Gasteiger partial charge in [0.1, 0.15) is 11.8 Å². The van der Waals surface area contributed by atoms with E-state index in [9.17, 15) is 20.0 Å². The third-order valence-electron chi connectivity index (χ3n) is 7.02. The number of nitrogens with one attached hydrogen (secondary N) is 3. The number of amides is 2. The molecule has 9 nitrogen and oxygen atoms in total.